The average molecular weight is 233 g/mol. The molecule has 88 valence electrons. The van der Waals surface area contributed by atoms with Crippen LogP contribution in [-0.4, -0.2) is 4.98 Å². The van der Waals surface area contributed by atoms with E-state index in [1.54, 1.807) is 6.20 Å². The number of hydrogen-bond acceptors (Lipinski definition) is 1. The summed E-state index contributed by atoms with van der Waals surface area (Å²) in [5.74, 6) is 6.27. The molecule has 0 saturated heterocycles. The van der Waals surface area contributed by atoms with Crippen molar-refractivity contribution in [2.45, 2.75) is 12.8 Å². The Morgan fingerprint density at radius 1 is 1.06 bits per heavy atom. The van der Waals surface area contributed by atoms with Crippen LogP contribution in [0.2, 0.25) is 0 Å². The molecule has 18 heavy (non-hydrogen) atoms. The molecule has 0 radical (unpaired) electrons. The summed E-state index contributed by atoms with van der Waals surface area (Å²) < 4.78 is 0. The topological polar surface area (TPSA) is 12.9 Å². The molecule has 2 aromatic rings. The van der Waals surface area contributed by atoms with Crippen molar-refractivity contribution in [2.75, 3.05) is 0 Å². The SMILES string of the molecule is C=C(CC#Cc1ccccc1)Cc1ccccn1. The Hall–Kier alpha value is -2.33. The minimum atomic E-state index is 0.714. The fraction of sp³-hybridized carbons (Fsp3) is 0.118. The van der Waals surface area contributed by atoms with Gasteiger partial charge in [-0.15, -0.1) is 0 Å². The number of aromatic nitrogens is 1. The molecule has 0 unspecified atom stereocenters. The molecule has 1 heteroatoms. The van der Waals surface area contributed by atoms with Crippen LogP contribution in [0.3, 0.4) is 0 Å². The fourth-order valence-corrected chi connectivity index (χ4v) is 1.61. The Morgan fingerprint density at radius 3 is 2.56 bits per heavy atom. The highest BCUT2D eigenvalue weighted by Gasteiger charge is 1.95. The van der Waals surface area contributed by atoms with Crippen LogP contribution in [0.25, 0.3) is 0 Å². The second-order valence-corrected chi connectivity index (χ2v) is 4.09. The van der Waals surface area contributed by atoms with Crippen molar-refractivity contribution in [3.05, 3.63) is 78.1 Å². The van der Waals surface area contributed by atoms with E-state index in [1.807, 2.05) is 48.5 Å². The lowest BCUT2D eigenvalue weighted by Gasteiger charge is -2.00. The summed E-state index contributed by atoms with van der Waals surface area (Å²) >= 11 is 0. The molecule has 0 spiro atoms. The monoisotopic (exact) mass is 233 g/mol. The molecule has 1 aromatic heterocycles. The third kappa shape index (κ3) is 3.92. The first-order valence-corrected chi connectivity index (χ1v) is 5.95. The lowest BCUT2D eigenvalue weighted by molar-refractivity contribution is 1.02. The van der Waals surface area contributed by atoms with Gasteiger partial charge in [-0.3, -0.25) is 4.98 Å². The number of allylic oxidation sites excluding steroid dienone is 1. The van der Waals surface area contributed by atoms with Gasteiger partial charge in [0.25, 0.3) is 0 Å². The molecule has 0 aliphatic heterocycles. The van der Waals surface area contributed by atoms with Gasteiger partial charge in [-0.1, -0.05) is 48.3 Å². The highest BCUT2D eigenvalue weighted by atomic mass is 14.7. The maximum absolute atomic E-state index is 4.28. The van der Waals surface area contributed by atoms with Gasteiger partial charge >= 0.3 is 0 Å². The molecule has 0 aliphatic carbocycles. The lowest BCUT2D eigenvalue weighted by atomic mass is 10.1. The predicted octanol–water partition coefficient (Wildman–Crippen LogP) is 3.62. The van der Waals surface area contributed by atoms with E-state index in [4.69, 9.17) is 0 Å². The molecule has 0 aliphatic rings. The molecule has 0 N–H and O–H groups in total. The van der Waals surface area contributed by atoms with E-state index >= 15 is 0 Å². The van der Waals surface area contributed by atoms with Crippen LogP contribution in [0.15, 0.2) is 66.9 Å². The van der Waals surface area contributed by atoms with E-state index in [-0.39, 0.29) is 0 Å². The van der Waals surface area contributed by atoms with Crippen molar-refractivity contribution in [3.8, 4) is 11.8 Å². The molecule has 0 saturated carbocycles. The number of rotatable bonds is 3. The second kappa shape index (κ2) is 6.42. The van der Waals surface area contributed by atoms with Crippen molar-refractivity contribution >= 4 is 0 Å². The van der Waals surface area contributed by atoms with Crippen molar-refractivity contribution in [2.24, 2.45) is 0 Å². The first kappa shape index (κ1) is 12.1. The van der Waals surface area contributed by atoms with E-state index < -0.39 is 0 Å². The molecular formula is C17H15N. The Morgan fingerprint density at radius 2 is 1.83 bits per heavy atom. The maximum atomic E-state index is 4.28. The third-order valence-electron chi connectivity index (χ3n) is 2.50. The summed E-state index contributed by atoms with van der Waals surface area (Å²) in [6.07, 6.45) is 3.31. The first-order valence-electron chi connectivity index (χ1n) is 5.95. The minimum absolute atomic E-state index is 0.714. The van der Waals surface area contributed by atoms with Crippen LogP contribution in [0.4, 0.5) is 0 Å². The molecular weight excluding hydrogens is 218 g/mol. The van der Waals surface area contributed by atoms with Gasteiger partial charge in [-0.25, -0.2) is 0 Å². The lowest BCUT2D eigenvalue weighted by Crippen LogP contribution is -1.91. The Balaban J connectivity index is 1.88. The van der Waals surface area contributed by atoms with Crippen LogP contribution in [-0.2, 0) is 6.42 Å². The smallest absolute Gasteiger partial charge is 0.0444 e. The third-order valence-corrected chi connectivity index (χ3v) is 2.50. The summed E-state index contributed by atoms with van der Waals surface area (Å²) in [7, 11) is 0. The van der Waals surface area contributed by atoms with E-state index in [0.29, 0.717) is 6.42 Å². The molecule has 0 fully saturated rings. The summed E-state index contributed by atoms with van der Waals surface area (Å²) in [5, 5.41) is 0. The van der Waals surface area contributed by atoms with Crippen molar-refractivity contribution in [1.82, 2.24) is 4.98 Å². The van der Waals surface area contributed by atoms with Gasteiger partial charge < -0.3 is 0 Å². The molecule has 2 rings (SSSR count). The summed E-state index contributed by atoms with van der Waals surface area (Å²) in [5.41, 5.74) is 3.18. The van der Waals surface area contributed by atoms with Gasteiger partial charge in [-0.2, -0.15) is 0 Å². The van der Waals surface area contributed by atoms with Gasteiger partial charge in [0.05, 0.1) is 0 Å². The quantitative estimate of drug-likeness (QED) is 0.583. The number of nitrogens with zero attached hydrogens (tertiary/aromatic N) is 1. The highest BCUT2D eigenvalue weighted by Crippen LogP contribution is 2.06. The summed E-state index contributed by atoms with van der Waals surface area (Å²) in [6, 6.07) is 15.9. The Labute approximate surface area is 108 Å². The standard InChI is InChI=1S/C17H15N/c1-15(14-17-12-5-6-13-18-17)8-7-11-16-9-3-2-4-10-16/h2-6,9-10,12-13H,1,8,14H2. The molecule has 1 nitrogen and oxygen atoms in total. The van der Waals surface area contributed by atoms with E-state index in [1.165, 1.54) is 0 Å². The van der Waals surface area contributed by atoms with E-state index in [0.717, 1.165) is 23.3 Å². The Kier molecular flexibility index (Phi) is 4.33. The first-order chi connectivity index (χ1) is 8.84. The van der Waals surface area contributed by atoms with Gasteiger partial charge in [0.2, 0.25) is 0 Å². The zero-order chi connectivity index (χ0) is 12.6. The molecule has 0 amide bonds. The molecule has 1 aromatic carbocycles. The van der Waals surface area contributed by atoms with Crippen molar-refractivity contribution in [1.29, 1.82) is 0 Å². The predicted molar refractivity (Wildman–Crippen MR) is 75.0 cm³/mol. The Bertz CT molecular complexity index is 559. The van der Waals surface area contributed by atoms with Crippen LogP contribution < -0.4 is 0 Å². The second-order valence-electron chi connectivity index (χ2n) is 4.09. The number of benzene rings is 1. The maximum Gasteiger partial charge on any atom is 0.0444 e. The van der Waals surface area contributed by atoms with Gasteiger partial charge in [0.1, 0.15) is 0 Å². The number of pyridine rings is 1. The average Bonchev–Trinajstić information content (AvgIpc) is 2.41. The van der Waals surface area contributed by atoms with Crippen LogP contribution in [0.1, 0.15) is 17.7 Å². The van der Waals surface area contributed by atoms with Gasteiger partial charge in [-0.05, 0) is 24.3 Å². The van der Waals surface area contributed by atoms with E-state index in [9.17, 15) is 0 Å². The van der Waals surface area contributed by atoms with Crippen molar-refractivity contribution < 1.29 is 0 Å². The zero-order valence-corrected chi connectivity index (χ0v) is 10.3. The molecule has 1 heterocycles. The highest BCUT2D eigenvalue weighted by molar-refractivity contribution is 5.34. The zero-order valence-electron chi connectivity index (χ0n) is 10.3. The largest absolute Gasteiger partial charge is 0.261 e. The van der Waals surface area contributed by atoms with Gasteiger partial charge in [0, 0.05) is 30.3 Å². The normalized spacial score (nSPS) is 9.33. The van der Waals surface area contributed by atoms with Crippen molar-refractivity contribution in [3.63, 3.8) is 0 Å². The minimum Gasteiger partial charge on any atom is -0.261 e. The molecule has 0 atom stereocenters. The summed E-state index contributed by atoms with van der Waals surface area (Å²) in [4.78, 5) is 4.28. The fourth-order valence-electron chi connectivity index (χ4n) is 1.61. The van der Waals surface area contributed by atoms with Gasteiger partial charge in [0.15, 0.2) is 0 Å². The van der Waals surface area contributed by atoms with Crippen LogP contribution >= 0.6 is 0 Å². The number of hydrogen-bond donors (Lipinski definition) is 0. The molecule has 0 bridgehead atoms. The van der Waals surface area contributed by atoms with Crippen LogP contribution in [0, 0.1) is 11.8 Å². The van der Waals surface area contributed by atoms with E-state index in [2.05, 4.69) is 23.4 Å². The van der Waals surface area contributed by atoms with Crippen LogP contribution in [0.5, 0.6) is 0 Å². The summed E-state index contributed by atoms with van der Waals surface area (Å²) in [6.45, 7) is 4.04.